The molecule has 0 spiro atoms. The molecule has 0 unspecified atom stereocenters. The largest absolute Gasteiger partial charge is 0.282 e. The van der Waals surface area contributed by atoms with E-state index in [1.807, 2.05) is 38.1 Å². The van der Waals surface area contributed by atoms with Crippen LogP contribution in [0, 0.1) is 13.8 Å². The minimum atomic E-state index is -3.62. The van der Waals surface area contributed by atoms with E-state index < -0.39 is 10.0 Å². The fourth-order valence-corrected chi connectivity index (χ4v) is 2.48. The molecule has 0 amide bonds. The van der Waals surface area contributed by atoms with E-state index in [1.54, 1.807) is 24.3 Å². The molecule has 2 rings (SSSR count). The van der Waals surface area contributed by atoms with Crippen molar-refractivity contribution in [2.45, 2.75) is 18.7 Å². The lowest BCUT2D eigenvalue weighted by Gasteiger charge is -2.00. The van der Waals surface area contributed by atoms with E-state index in [-0.39, 0.29) is 4.90 Å². The molecule has 0 saturated heterocycles. The molecular formula is C15H15NO2S. The molecular weight excluding hydrogens is 258 g/mol. The zero-order valence-corrected chi connectivity index (χ0v) is 11.7. The number of rotatable bonds is 3. The number of hydrogen-bond donors (Lipinski definition) is 0. The maximum Gasteiger partial charge on any atom is 0.282 e. The first kappa shape index (κ1) is 13.5. The summed E-state index contributed by atoms with van der Waals surface area (Å²) in [6, 6.07) is 14.2. The van der Waals surface area contributed by atoms with Crippen LogP contribution in [0.25, 0.3) is 0 Å². The van der Waals surface area contributed by atoms with Crippen molar-refractivity contribution in [2.24, 2.45) is 4.40 Å². The number of sulfonamides is 1. The summed E-state index contributed by atoms with van der Waals surface area (Å²) in [7, 11) is -3.62. The van der Waals surface area contributed by atoms with Crippen molar-refractivity contribution >= 4 is 16.2 Å². The molecule has 3 nitrogen and oxygen atoms in total. The lowest BCUT2D eigenvalue weighted by Crippen LogP contribution is -1.98. The first-order valence-electron chi connectivity index (χ1n) is 5.92. The van der Waals surface area contributed by atoms with Crippen LogP contribution in [0.5, 0.6) is 0 Å². The van der Waals surface area contributed by atoms with Crippen LogP contribution in [-0.4, -0.2) is 14.6 Å². The highest BCUT2D eigenvalue weighted by atomic mass is 32.2. The van der Waals surface area contributed by atoms with Gasteiger partial charge < -0.3 is 0 Å². The van der Waals surface area contributed by atoms with Crippen LogP contribution in [0.15, 0.2) is 57.8 Å². The molecule has 98 valence electrons. The van der Waals surface area contributed by atoms with Gasteiger partial charge in [0.1, 0.15) is 0 Å². The molecule has 0 saturated carbocycles. The first-order valence-corrected chi connectivity index (χ1v) is 7.36. The standard InChI is InChI=1S/C15H15NO2S/c1-12-7-9-15(10-8-12)19(17,18)16-11-14-6-4-3-5-13(14)2/h3-11H,1-2H3/b16-11-. The Morgan fingerprint density at radius 2 is 1.58 bits per heavy atom. The summed E-state index contributed by atoms with van der Waals surface area (Å²) in [5.74, 6) is 0. The Labute approximate surface area is 113 Å². The van der Waals surface area contributed by atoms with Gasteiger partial charge in [0, 0.05) is 6.21 Å². The third kappa shape index (κ3) is 3.29. The van der Waals surface area contributed by atoms with Crippen LogP contribution in [0.3, 0.4) is 0 Å². The summed E-state index contributed by atoms with van der Waals surface area (Å²) in [5.41, 5.74) is 2.81. The van der Waals surface area contributed by atoms with E-state index in [0.717, 1.165) is 16.7 Å². The second kappa shape index (κ2) is 5.36. The second-order valence-electron chi connectivity index (χ2n) is 4.38. The Kier molecular flexibility index (Phi) is 3.81. The Bertz CT molecular complexity index is 701. The Balaban J connectivity index is 2.32. The number of benzene rings is 2. The summed E-state index contributed by atoms with van der Waals surface area (Å²) in [6.45, 7) is 3.83. The minimum absolute atomic E-state index is 0.211. The first-order chi connectivity index (χ1) is 8.99. The van der Waals surface area contributed by atoms with E-state index in [0.29, 0.717) is 0 Å². The molecule has 19 heavy (non-hydrogen) atoms. The van der Waals surface area contributed by atoms with Crippen LogP contribution in [-0.2, 0) is 10.0 Å². The van der Waals surface area contributed by atoms with Crippen molar-refractivity contribution in [1.29, 1.82) is 0 Å². The summed E-state index contributed by atoms with van der Waals surface area (Å²) >= 11 is 0. The Hall–Kier alpha value is -1.94. The minimum Gasteiger partial charge on any atom is -0.199 e. The van der Waals surface area contributed by atoms with Crippen molar-refractivity contribution in [1.82, 2.24) is 0 Å². The van der Waals surface area contributed by atoms with Crippen LogP contribution in [0.4, 0.5) is 0 Å². The normalized spacial score (nSPS) is 11.9. The topological polar surface area (TPSA) is 46.5 Å². The van der Waals surface area contributed by atoms with E-state index in [1.165, 1.54) is 6.21 Å². The average Bonchev–Trinajstić information content (AvgIpc) is 2.38. The van der Waals surface area contributed by atoms with Gasteiger partial charge in [-0.2, -0.15) is 12.8 Å². The molecule has 0 radical (unpaired) electrons. The third-order valence-electron chi connectivity index (χ3n) is 2.84. The molecule has 0 aliphatic heterocycles. The molecule has 0 fully saturated rings. The van der Waals surface area contributed by atoms with Crippen molar-refractivity contribution in [2.75, 3.05) is 0 Å². The molecule has 0 heterocycles. The maximum absolute atomic E-state index is 12.0. The smallest absolute Gasteiger partial charge is 0.199 e. The van der Waals surface area contributed by atoms with Crippen molar-refractivity contribution in [3.05, 3.63) is 65.2 Å². The van der Waals surface area contributed by atoms with Crippen LogP contribution < -0.4 is 0 Å². The molecule has 0 aliphatic rings. The van der Waals surface area contributed by atoms with Gasteiger partial charge in [0.2, 0.25) is 0 Å². The Morgan fingerprint density at radius 3 is 2.21 bits per heavy atom. The van der Waals surface area contributed by atoms with Gasteiger partial charge in [0.25, 0.3) is 10.0 Å². The summed E-state index contributed by atoms with van der Waals surface area (Å²) in [5, 5.41) is 0. The highest BCUT2D eigenvalue weighted by Gasteiger charge is 2.10. The van der Waals surface area contributed by atoms with Crippen molar-refractivity contribution in [3.8, 4) is 0 Å². The molecule has 4 heteroatoms. The number of aryl methyl sites for hydroxylation is 2. The predicted molar refractivity (Wildman–Crippen MR) is 77.1 cm³/mol. The van der Waals surface area contributed by atoms with Gasteiger partial charge in [-0.15, -0.1) is 0 Å². The van der Waals surface area contributed by atoms with E-state index in [9.17, 15) is 8.42 Å². The van der Waals surface area contributed by atoms with Crippen molar-refractivity contribution < 1.29 is 8.42 Å². The van der Waals surface area contributed by atoms with Crippen molar-refractivity contribution in [3.63, 3.8) is 0 Å². The highest BCUT2D eigenvalue weighted by molar-refractivity contribution is 7.90. The summed E-state index contributed by atoms with van der Waals surface area (Å²) in [6.07, 6.45) is 1.39. The molecule has 0 atom stereocenters. The zero-order chi connectivity index (χ0) is 13.9. The zero-order valence-electron chi connectivity index (χ0n) is 10.9. The lowest BCUT2D eigenvalue weighted by molar-refractivity contribution is 0.598. The lowest BCUT2D eigenvalue weighted by atomic mass is 10.1. The second-order valence-corrected chi connectivity index (χ2v) is 6.01. The van der Waals surface area contributed by atoms with Crippen LogP contribution in [0.1, 0.15) is 16.7 Å². The van der Waals surface area contributed by atoms with Gasteiger partial charge in [-0.1, -0.05) is 42.0 Å². The fraction of sp³-hybridized carbons (Fsp3) is 0.133. The summed E-state index contributed by atoms with van der Waals surface area (Å²) < 4.78 is 27.8. The van der Waals surface area contributed by atoms with Crippen LogP contribution in [0.2, 0.25) is 0 Å². The SMILES string of the molecule is Cc1ccc(S(=O)(=O)/N=C\c2ccccc2C)cc1. The van der Waals surface area contributed by atoms with Gasteiger partial charge in [0.05, 0.1) is 4.90 Å². The van der Waals surface area contributed by atoms with Gasteiger partial charge >= 0.3 is 0 Å². The van der Waals surface area contributed by atoms with E-state index in [2.05, 4.69) is 4.40 Å². The third-order valence-corrected chi connectivity index (χ3v) is 4.09. The molecule has 0 aromatic heterocycles. The quantitative estimate of drug-likeness (QED) is 0.807. The molecule has 0 bridgehead atoms. The van der Waals surface area contributed by atoms with Crippen LogP contribution >= 0.6 is 0 Å². The highest BCUT2D eigenvalue weighted by Crippen LogP contribution is 2.13. The number of nitrogens with zero attached hydrogens (tertiary/aromatic N) is 1. The predicted octanol–water partition coefficient (Wildman–Crippen LogP) is 3.11. The van der Waals surface area contributed by atoms with E-state index >= 15 is 0 Å². The monoisotopic (exact) mass is 273 g/mol. The molecule has 0 aliphatic carbocycles. The number of hydrogen-bond acceptors (Lipinski definition) is 2. The molecule has 0 N–H and O–H groups in total. The molecule has 2 aromatic rings. The van der Waals surface area contributed by atoms with Gasteiger partial charge in [-0.25, -0.2) is 0 Å². The van der Waals surface area contributed by atoms with Gasteiger partial charge in [-0.3, -0.25) is 0 Å². The average molecular weight is 273 g/mol. The van der Waals surface area contributed by atoms with Gasteiger partial charge in [0.15, 0.2) is 0 Å². The molecule has 2 aromatic carbocycles. The van der Waals surface area contributed by atoms with Gasteiger partial charge in [-0.05, 0) is 37.1 Å². The summed E-state index contributed by atoms with van der Waals surface area (Å²) in [4.78, 5) is 0.211. The fourth-order valence-electron chi connectivity index (χ4n) is 1.63. The van der Waals surface area contributed by atoms with E-state index in [4.69, 9.17) is 0 Å². The Morgan fingerprint density at radius 1 is 0.947 bits per heavy atom. The maximum atomic E-state index is 12.0.